The SMILES string of the molecule is [B]c1c([B])c([B])c2c(oc3c(-c4ccc5c(c4)C(C)(C)c4ccc6ncoc6c4-5)c([B])c([B])c([B])c32)c1-c1cccc(-c2nc(-c3ccccc3)nc(-c3ccccc3)n2)c1. The van der Waals surface area contributed by atoms with Gasteiger partial charge >= 0.3 is 0 Å². The largest absolute Gasteiger partial charge is 0.455 e. The van der Waals surface area contributed by atoms with Crippen molar-refractivity contribution >= 4 is 113 Å². The van der Waals surface area contributed by atoms with Gasteiger partial charge in [0, 0.05) is 49.6 Å². The van der Waals surface area contributed by atoms with E-state index >= 15 is 0 Å². The summed E-state index contributed by atoms with van der Waals surface area (Å²) in [4.78, 5) is 19.2. The summed E-state index contributed by atoms with van der Waals surface area (Å²) in [6.45, 7) is 4.38. The van der Waals surface area contributed by atoms with Crippen LogP contribution < -0.4 is 32.8 Å². The Labute approximate surface area is 359 Å². The van der Waals surface area contributed by atoms with Crippen LogP contribution in [0.5, 0.6) is 0 Å². The zero-order valence-corrected chi connectivity index (χ0v) is 33.1. The van der Waals surface area contributed by atoms with Gasteiger partial charge in [0.15, 0.2) is 29.4 Å². The summed E-state index contributed by atoms with van der Waals surface area (Å²) in [5.74, 6) is 1.54. The molecule has 1 aliphatic rings. The molecule has 0 amide bonds. The monoisotopic (exact) mass is 768 g/mol. The Kier molecular flexibility index (Phi) is 8.31. The quantitative estimate of drug-likeness (QED) is 0.221. The second-order valence-corrected chi connectivity index (χ2v) is 15.9. The molecule has 0 bridgehead atoms. The van der Waals surface area contributed by atoms with E-state index in [1.54, 1.807) is 0 Å². The van der Waals surface area contributed by atoms with Crippen LogP contribution in [0.15, 0.2) is 130 Å². The molecule has 0 saturated carbocycles. The Bertz CT molecular complexity index is 3420. The van der Waals surface area contributed by atoms with Crippen LogP contribution in [0.4, 0.5) is 0 Å². The van der Waals surface area contributed by atoms with Gasteiger partial charge in [0.05, 0.1) is 0 Å². The van der Waals surface area contributed by atoms with Crippen molar-refractivity contribution in [3.8, 4) is 67.5 Å². The normalized spacial score (nSPS) is 13.0. The number of fused-ring (bicyclic) bond motifs is 8. The van der Waals surface area contributed by atoms with Crippen LogP contribution in [0.1, 0.15) is 25.0 Å². The van der Waals surface area contributed by atoms with Crippen LogP contribution >= 0.6 is 0 Å². The minimum absolute atomic E-state index is 0.181. The van der Waals surface area contributed by atoms with Gasteiger partial charge in [-0.15, -0.1) is 10.9 Å². The van der Waals surface area contributed by atoms with Crippen molar-refractivity contribution in [3.05, 3.63) is 133 Å². The average molecular weight is 768 g/mol. The van der Waals surface area contributed by atoms with Crippen molar-refractivity contribution in [2.24, 2.45) is 0 Å². The summed E-state index contributed by atoms with van der Waals surface area (Å²) in [6.07, 6.45) is 1.48. The van der Waals surface area contributed by atoms with Crippen LogP contribution in [-0.2, 0) is 5.41 Å². The summed E-state index contributed by atoms with van der Waals surface area (Å²) in [5.41, 5.74) is 12.5. The summed E-state index contributed by atoms with van der Waals surface area (Å²) in [5, 5.41) is 0.967. The van der Waals surface area contributed by atoms with E-state index in [-0.39, 0.29) is 38.2 Å². The Balaban J connectivity index is 1.12. The predicted molar refractivity (Wildman–Crippen MR) is 252 cm³/mol. The first-order chi connectivity index (χ1) is 29.5. The minimum atomic E-state index is -0.378. The predicted octanol–water partition coefficient (Wildman–Crippen LogP) is 5.32. The van der Waals surface area contributed by atoms with Gasteiger partial charge in [0.2, 0.25) is 0 Å². The molecule has 7 aromatic carbocycles. The topological polar surface area (TPSA) is 77.8 Å². The number of hydrogen-bond donors (Lipinski definition) is 0. The van der Waals surface area contributed by atoms with E-state index in [1.807, 2.05) is 97.1 Å². The van der Waals surface area contributed by atoms with E-state index in [0.717, 1.165) is 50.0 Å². The Hall–Kier alpha value is -6.79. The molecular formula is C49H26B6N4O2. The molecular weight excluding hydrogens is 741 g/mol. The highest BCUT2D eigenvalue weighted by Gasteiger charge is 2.38. The lowest BCUT2D eigenvalue weighted by Gasteiger charge is -2.22. The van der Waals surface area contributed by atoms with E-state index in [4.69, 9.17) is 70.9 Å². The first-order valence-corrected chi connectivity index (χ1v) is 19.7. The highest BCUT2D eigenvalue weighted by atomic mass is 16.3. The molecule has 61 heavy (non-hydrogen) atoms. The maximum atomic E-state index is 6.94. The number of rotatable bonds is 5. The van der Waals surface area contributed by atoms with E-state index in [0.29, 0.717) is 61.7 Å². The minimum Gasteiger partial charge on any atom is -0.455 e. The lowest BCUT2D eigenvalue weighted by atomic mass is 9.65. The van der Waals surface area contributed by atoms with Crippen molar-refractivity contribution in [1.29, 1.82) is 0 Å². The smallest absolute Gasteiger partial charge is 0.182 e. The Morgan fingerprint density at radius 2 is 0.967 bits per heavy atom. The van der Waals surface area contributed by atoms with Crippen LogP contribution in [0, 0.1) is 0 Å². The molecule has 6 nitrogen and oxygen atoms in total. The standard InChI is InChI=1S/C49H26B6N4O2/c1-49(2)29-18-19-31-43(60-22-56-31)34(29)28-17-16-26(21-30(28)49)33-38(51)42(55)40(53)36-35-39(52)41(54)37(50)32(44(35)61-45(33)36)25-14-9-15-27(20-25)48-58-46(23-10-5-3-6-11-23)57-47(59-48)24-12-7-4-8-13-24/h3-22H,1-2H3. The third kappa shape index (κ3) is 5.50. The van der Waals surface area contributed by atoms with Crippen molar-refractivity contribution < 1.29 is 8.83 Å². The molecule has 0 spiro atoms. The third-order valence-electron chi connectivity index (χ3n) is 12.1. The van der Waals surface area contributed by atoms with Crippen molar-refractivity contribution in [2.45, 2.75) is 19.3 Å². The highest BCUT2D eigenvalue weighted by molar-refractivity contribution is 6.66. The molecule has 0 fully saturated rings. The average Bonchev–Trinajstić information content (AvgIpc) is 3.99. The van der Waals surface area contributed by atoms with Gasteiger partial charge in [0.1, 0.15) is 63.8 Å². The van der Waals surface area contributed by atoms with Gasteiger partial charge in [-0.25, -0.2) is 19.9 Å². The lowest BCUT2D eigenvalue weighted by molar-refractivity contribution is 0.601. The van der Waals surface area contributed by atoms with Crippen molar-refractivity contribution in [1.82, 2.24) is 19.9 Å². The van der Waals surface area contributed by atoms with Crippen molar-refractivity contribution in [3.63, 3.8) is 0 Å². The summed E-state index contributed by atoms with van der Waals surface area (Å²) >= 11 is 0. The van der Waals surface area contributed by atoms with Gasteiger partial charge < -0.3 is 8.83 Å². The molecule has 11 rings (SSSR count). The molecule has 10 aromatic rings. The molecule has 0 N–H and O–H groups in total. The Morgan fingerprint density at radius 1 is 0.443 bits per heavy atom. The van der Waals surface area contributed by atoms with Crippen molar-refractivity contribution in [2.75, 3.05) is 0 Å². The number of benzene rings is 7. The molecule has 272 valence electrons. The maximum absolute atomic E-state index is 6.94. The van der Waals surface area contributed by atoms with Crippen LogP contribution in [-0.4, -0.2) is 67.0 Å². The third-order valence-corrected chi connectivity index (χ3v) is 12.1. The zero-order valence-electron chi connectivity index (χ0n) is 33.1. The van der Waals surface area contributed by atoms with Crippen LogP contribution in [0.25, 0.3) is 101 Å². The van der Waals surface area contributed by atoms with Gasteiger partial charge in [-0.2, -0.15) is 0 Å². The highest BCUT2D eigenvalue weighted by Crippen LogP contribution is 2.52. The first kappa shape index (κ1) is 37.2. The number of nitrogens with zero attached hydrogens (tertiary/aromatic N) is 4. The van der Waals surface area contributed by atoms with Crippen LogP contribution in [0.2, 0.25) is 0 Å². The molecule has 3 heterocycles. The fourth-order valence-corrected chi connectivity index (χ4v) is 8.99. The van der Waals surface area contributed by atoms with E-state index in [2.05, 4.69) is 37.0 Å². The number of hydrogen-bond acceptors (Lipinski definition) is 6. The Morgan fingerprint density at radius 3 is 1.56 bits per heavy atom. The molecule has 1 aliphatic carbocycles. The van der Waals surface area contributed by atoms with E-state index < -0.39 is 0 Å². The van der Waals surface area contributed by atoms with E-state index in [9.17, 15) is 0 Å². The molecule has 3 aromatic heterocycles. The summed E-state index contributed by atoms with van der Waals surface area (Å²) in [6, 6.07) is 37.6. The molecule has 0 saturated heterocycles. The fourth-order valence-electron chi connectivity index (χ4n) is 8.99. The van der Waals surface area contributed by atoms with Gasteiger partial charge in [-0.1, -0.05) is 133 Å². The second kappa shape index (κ2) is 13.6. The van der Waals surface area contributed by atoms with Crippen LogP contribution in [0.3, 0.4) is 0 Å². The summed E-state index contributed by atoms with van der Waals surface area (Å²) < 4.78 is 12.8. The molecule has 12 radical (unpaired) electrons. The number of oxazole rings is 1. The summed E-state index contributed by atoms with van der Waals surface area (Å²) in [7, 11) is 41.0. The lowest BCUT2D eigenvalue weighted by Crippen LogP contribution is -2.42. The number of furan rings is 1. The van der Waals surface area contributed by atoms with Gasteiger partial charge in [-0.3, -0.25) is 0 Å². The zero-order chi connectivity index (χ0) is 41.9. The van der Waals surface area contributed by atoms with Gasteiger partial charge in [0.25, 0.3) is 0 Å². The number of aromatic nitrogens is 4. The maximum Gasteiger partial charge on any atom is 0.182 e. The fraction of sp³-hybridized carbons (Fsp3) is 0.0612. The second-order valence-electron chi connectivity index (χ2n) is 15.9. The van der Waals surface area contributed by atoms with Gasteiger partial charge in [-0.05, 0) is 46.0 Å². The molecule has 0 atom stereocenters. The molecule has 12 heteroatoms. The van der Waals surface area contributed by atoms with E-state index in [1.165, 1.54) is 6.39 Å². The molecule has 0 aliphatic heterocycles. The molecule has 0 unspecified atom stereocenters. The first-order valence-electron chi connectivity index (χ1n) is 19.7.